The van der Waals surface area contributed by atoms with Crippen molar-refractivity contribution in [2.24, 2.45) is 5.92 Å². The molecule has 1 aliphatic rings. The van der Waals surface area contributed by atoms with E-state index in [2.05, 4.69) is 35.5 Å². The Kier molecular flexibility index (Phi) is 4.54. The minimum Gasteiger partial charge on any atom is -0.325 e. The summed E-state index contributed by atoms with van der Waals surface area (Å²) < 4.78 is 0. The largest absolute Gasteiger partial charge is 0.325 e. The van der Waals surface area contributed by atoms with Crippen LogP contribution < -0.4 is 5.32 Å². The number of hydrogen-bond acceptors (Lipinski definition) is 2. The third-order valence-electron chi connectivity index (χ3n) is 4.26. The third-order valence-corrected chi connectivity index (χ3v) is 4.26. The van der Waals surface area contributed by atoms with E-state index in [4.69, 9.17) is 0 Å². The lowest BCUT2D eigenvalue weighted by Gasteiger charge is -2.29. The maximum Gasteiger partial charge on any atom is 0.228 e. The highest BCUT2D eigenvalue weighted by Crippen LogP contribution is 2.28. The molecule has 3 nitrogen and oxygen atoms in total. The summed E-state index contributed by atoms with van der Waals surface area (Å²) in [5, 5.41) is 3.13. The predicted molar refractivity (Wildman–Crippen MR) is 90.7 cm³/mol. The van der Waals surface area contributed by atoms with Crippen molar-refractivity contribution in [3.63, 3.8) is 0 Å². The Morgan fingerprint density at radius 2 is 1.82 bits per heavy atom. The van der Waals surface area contributed by atoms with Gasteiger partial charge in [0, 0.05) is 17.8 Å². The quantitative estimate of drug-likeness (QED) is 0.937. The van der Waals surface area contributed by atoms with Gasteiger partial charge < -0.3 is 10.2 Å². The molecule has 1 saturated heterocycles. The number of anilines is 1. The summed E-state index contributed by atoms with van der Waals surface area (Å²) in [7, 11) is 2.08. The number of amides is 1. The molecule has 3 rings (SSSR count). The van der Waals surface area contributed by atoms with Gasteiger partial charge in [-0.3, -0.25) is 4.79 Å². The van der Waals surface area contributed by atoms with Crippen LogP contribution in [0.1, 0.15) is 12.8 Å². The smallest absolute Gasteiger partial charge is 0.228 e. The van der Waals surface area contributed by atoms with E-state index in [1.165, 1.54) is 0 Å². The fourth-order valence-corrected chi connectivity index (χ4v) is 3.08. The topological polar surface area (TPSA) is 32.3 Å². The van der Waals surface area contributed by atoms with Crippen LogP contribution in [-0.2, 0) is 4.79 Å². The monoisotopic (exact) mass is 294 g/mol. The predicted octanol–water partition coefficient (Wildman–Crippen LogP) is 3.63. The molecule has 1 N–H and O–H groups in total. The fraction of sp³-hybridized carbons (Fsp3) is 0.316. The second kappa shape index (κ2) is 6.75. The molecule has 22 heavy (non-hydrogen) atoms. The average Bonchev–Trinajstić information content (AvgIpc) is 2.56. The van der Waals surface area contributed by atoms with Crippen molar-refractivity contribution >= 4 is 11.6 Å². The van der Waals surface area contributed by atoms with E-state index in [0.29, 0.717) is 0 Å². The van der Waals surface area contributed by atoms with Crippen LogP contribution in [0.3, 0.4) is 0 Å². The van der Waals surface area contributed by atoms with Gasteiger partial charge in [-0.05, 0) is 38.1 Å². The zero-order valence-electron chi connectivity index (χ0n) is 13.0. The number of rotatable bonds is 3. The van der Waals surface area contributed by atoms with Crippen molar-refractivity contribution in [1.29, 1.82) is 0 Å². The third kappa shape index (κ3) is 3.37. The fourth-order valence-electron chi connectivity index (χ4n) is 3.08. The summed E-state index contributed by atoms with van der Waals surface area (Å²) in [5.74, 6) is 0.220. The first-order valence-corrected chi connectivity index (χ1v) is 7.88. The van der Waals surface area contributed by atoms with Gasteiger partial charge in [0.2, 0.25) is 5.91 Å². The molecular weight excluding hydrogens is 272 g/mol. The van der Waals surface area contributed by atoms with E-state index in [1.807, 2.05) is 36.4 Å². The number of hydrogen-bond donors (Lipinski definition) is 1. The lowest BCUT2D eigenvalue weighted by molar-refractivity contribution is -0.121. The van der Waals surface area contributed by atoms with Gasteiger partial charge in [0.05, 0.1) is 5.92 Å². The van der Waals surface area contributed by atoms with Crippen molar-refractivity contribution in [1.82, 2.24) is 4.90 Å². The molecule has 0 radical (unpaired) electrons. The Bertz CT molecular complexity index is 639. The molecule has 1 aliphatic heterocycles. The van der Waals surface area contributed by atoms with Gasteiger partial charge in [-0.2, -0.15) is 0 Å². The molecule has 1 heterocycles. The molecule has 0 aromatic heterocycles. The Morgan fingerprint density at radius 1 is 1.09 bits per heavy atom. The van der Waals surface area contributed by atoms with Crippen molar-refractivity contribution in [2.45, 2.75) is 12.8 Å². The minimum absolute atomic E-state index is 0.0857. The first-order chi connectivity index (χ1) is 10.7. The van der Waals surface area contributed by atoms with Crippen molar-refractivity contribution in [2.75, 3.05) is 25.5 Å². The van der Waals surface area contributed by atoms with Crippen molar-refractivity contribution in [3.8, 4) is 11.1 Å². The molecule has 0 bridgehead atoms. The zero-order chi connectivity index (χ0) is 15.4. The first kappa shape index (κ1) is 14.8. The Morgan fingerprint density at radius 3 is 2.59 bits per heavy atom. The van der Waals surface area contributed by atoms with Crippen LogP contribution in [-0.4, -0.2) is 30.9 Å². The summed E-state index contributed by atoms with van der Waals surface area (Å²) in [6.07, 6.45) is 2.07. The second-order valence-electron chi connectivity index (χ2n) is 6.00. The second-order valence-corrected chi connectivity index (χ2v) is 6.00. The van der Waals surface area contributed by atoms with E-state index in [1.54, 1.807) is 0 Å². The number of nitrogens with zero attached hydrogens (tertiary/aromatic N) is 1. The van der Waals surface area contributed by atoms with Crippen LogP contribution in [0, 0.1) is 5.92 Å². The lowest BCUT2D eigenvalue weighted by Crippen LogP contribution is -2.38. The molecule has 0 spiro atoms. The first-order valence-electron chi connectivity index (χ1n) is 7.88. The van der Waals surface area contributed by atoms with E-state index in [-0.39, 0.29) is 11.8 Å². The summed E-state index contributed by atoms with van der Waals surface area (Å²) in [5.41, 5.74) is 3.09. The van der Waals surface area contributed by atoms with Gasteiger partial charge in [-0.1, -0.05) is 48.5 Å². The van der Waals surface area contributed by atoms with E-state index in [0.717, 1.165) is 42.7 Å². The van der Waals surface area contributed by atoms with E-state index in [9.17, 15) is 4.79 Å². The van der Waals surface area contributed by atoms with Gasteiger partial charge in [0.25, 0.3) is 0 Å². The molecule has 2 aromatic carbocycles. The standard InChI is InChI=1S/C19H22N2O/c1-21-13-7-10-16(14-21)19(22)20-18-12-6-5-11-17(18)15-8-3-2-4-9-15/h2-6,8-9,11-12,16H,7,10,13-14H2,1H3,(H,20,22). The van der Waals surface area contributed by atoms with Gasteiger partial charge >= 0.3 is 0 Å². The Balaban J connectivity index is 1.79. The van der Waals surface area contributed by atoms with Crippen LogP contribution in [0.5, 0.6) is 0 Å². The van der Waals surface area contributed by atoms with Crippen LogP contribution in [0.2, 0.25) is 0 Å². The summed E-state index contributed by atoms with van der Waals surface area (Å²) >= 11 is 0. The number of piperidine rings is 1. The van der Waals surface area contributed by atoms with Gasteiger partial charge in [-0.25, -0.2) is 0 Å². The van der Waals surface area contributed by atoms with E-state index >= 15 is 0 Å². The highest BCUT2D eigenvalue weighted by atomic mass is 16.1. The number of benzene rings is 2. The number of carbonyl (C=O) groups excluding carboxylic acids is 1. The van der Waals surface area contributed by atoms with Crippen LogP contribution >= 0.6 is 0 Å². The number of carbonyl (C=O) groups is 1. The van der Waals surface area contributed by atoms with Crippen LogP contribution in [0.4, 0.5) is 5.69 Å². The molecule has 2 aromatic rings. The maximum atomic E-state index is 12.6. The number of nitrogens with one attached hydrogen (secondary N) is 1. The Hall–Kier alpha value is -2.13. The molecule has 3 heteroatoms. The average molecular weight is 294 g/mol. The molecule has 0 aliphatic carbocycles. The summed E-state index contributed by atoms with van der Waals surface area (Å²) in [4.78, 5) is 14.8. The summed E-state index contributed by atoms with van der Waals surface area (Å²) in [6.45, 7) is 1.93. The Labute approximate surface area is 132 Å². The van der Waals surface area contributed by atoms with Crippen molar-refractivity contribution < 1.29 is 4.79 Å². The van der Waals surface area contributed by atoms with Gasteiger partial charge in [0.15, 0.2) is 0 Å². The molecule has 1 atom stereocenters. The van der Waals surface area contributed by atoms with E-state index < -0.39 is 0 Å². The molecule has 114 valence electrons. The molecule has 1 unspecified atom stereocenters. The minimum atomic E-state index is 0.0857. The van der Waals surface area contributed by atoms with Crippen LogP contribution in [0.15, 0.2) is 54.6 Å². The SMILES string of the molecule is CN1CCCC(C(=O)Nc2ccccc2-c2ccccc2)C1. The molecular formula is C19H22N2O. The van der Waals surface area contributed by atoms with Crippen LogP contribution in [0.25, 0.3) is 11.1 Å². The van der Waals surface area contributed by atoms with Gasteiger partial charge in [-0.15, -0.1) is 0 Å². The van der Waals surface area contributed by atoms with Crippen molar-refractivity contribution in [3.05, 3.63) is 54.6 Å². The lowest BCUT2D eigenvalue weighted by atomic mass is 9.97. The number of likely N-dealkylation sites (tertiary alicyclic amines) is 1. The maximum absolute atomic E-state index is 12.6. The zero-order valence-corrected chi connectivity index (χ0v) is 13.0. The highest BCUT2D eigenvalue weighted by molar-refractivity contribution is 5.96. The molecule has 1 amide bonds. The highest BCUT2D eigenvalue weighted by Gasteiger charge is 2.24. The van der Waals surface area contributed by atoms with Gasteiger partial charge in [0.1, 0.15) is 0 Å². The number of para-hydroxylation sites is 1. The molecule has 0 saturated carbocycles. The molecule has 1 fully saturated rings. The normalized spacial score (nSPS) is 18.9. The summed E-state index contributed by atoms with van der Waals surface area (Å²) in [6, 6.07) is 18.2.